The highest BCUT2D eigenvalue weighted by atomic mass is 16.5. The molecule has 0 unspecified atom stereocenters. The van der Waals surface area contributed by atoms with E-state index < -0.39 is 5.97 Å². The fourth-order valence-corrected chi connectivity index (χ4v) is 1.18. The van der Waals surface area contributed by atoms with Gasteiger partial charge in [-0.3, -0.25) is 0 Å². The van der Waals surface area contributed by atoms with Crippen molar-refractivity contribution in [2.45, 2.75) is 6.42 Å². The Morgan fingerprint density at radius 2 is 2.27 bits per heavy atom. The second kappa shape index (κ2) is 4.33. The van der Waals surface area contributed by atoms with Crippen molar-refractivity contribution < 1.29 is 19.7 Å². The number of carboxylic acids is 1. The van der Waals surface area contributed by atoms with Gasteiger partial charge in [0.25, 0.3) is 0 Å². The van der Waals surface area contributed by atoms with Gasteiger partial charge in [-0.25, -0.2) is 4.79 Å². The van der Waals surface area contributed by atoms with E-state index in [4.69, 9.17) is 15.1 Å². The molecule has 5 heteroatoms. The molecule has 0 bridgehead atoms. The average Bonchev–Trinajstić information content (AvgIpc) is 2.20. The normalized spacial score (nSPS) is 9.33. The molecule has 1 aromatic rings. The number of aromatic carboxylic acids is 1. The summed E-state index contributed by atoms with van der Waals surface area (Å²) in [5, 5.41) is 26.7. The molecule has 78 valence electrons. The molecule has 0 atom stereocenters. The number of carbonyl (C=O) groups is 1. The number of nitriles is 1. The van der Waals surface area contributed by atoms with Crippen molar-refractivity contribution in [1.29, 1.82) is 5.26 Å². The number of aromatic hydroxyl groups is 1. The fraction of sp³-hybridized carbons (Fsp3) is 0.200. The van der Waals surface area contributed by atoms with Crippen LogP contribution < -0.4 is 4.74 Å². The first-order valence-electron chi connectivity index (χ1n) is 4.10. The zero-order valence-corrected chi connectivity index (χ0v) is 8.02. The summed E-state index contributed by atoms with van der Waals surface area (Å²) >= 11 is 0. The molecule has 0 aliphatic heterocycles. The third-order valence-electron chi connectivity index (χ3n) is 1.90. The number of ether oxygens (including phenoxy) is 1. The van der Waals surface area contributed by atoms with E-state index in [0.29, 0.717) is 0 Å². The van der Waals surface area contributed by atoms with Crippen molar-refractivity contribution in [3.05, 3.63) is 23.3 Å². The van der Waals surface area contributed by atoms with Crippen LogP contribution in [0.25, 0.3) is 0 Å². The molecule has 0 heterocycles. The number of carboxylic acid groups (broad SMARTS) is 1. The molecule has 0 amide bonds. The maximum Gasteiger partial charge on any atom is 0.339 e. The van der Waals surface area contributed by atoms with E-state index in [1.165, 1.54) is 19.2 Å². The summed E-state index contributed by atoms with van der Waals surface area (Å²) in [5.41, 5.74) is 0.205. The van der Waals surface area contributed by atoms with Crippen LogP contribution in [0.5, 0.6) is 11.5 Å². The van der Waals surface area contributed by atoms with Crippen LogP contribution >= 0.6 is 0 Å². The Labute approximate surface area is 86.1 Å². The third kappa shape index (κ3) is 2.17. The number of phenolic OH excluding ortho intramolecular Hbond substituents is 1. The highest BCUT2D eigenvalue weighted by Gasteiger charge is 2.14. The summed E-state index contributed by atoms with van der Waals surface area (Å²) in [6.07, 6.45) is -0.0455. The molecule has 1 rings (SSSR count). The summed E-state index contributed by atoms with van der Waals surface area (Å²) in [6, 6.07) is 4.26. The Hall–Kier alpha value is -2.22. The first-order valence-corrected chi connectivity index (χ1v) is 4.10. The van der Waals surface area contributed by atoms with Gasteiger partial charge in [0.05, 0.1) is 19.6 Å². The zero-order valence-electron chi connectivity index (χ0n) is 8.02. The minimum Gasteiger partial charge on any atom is -0.507 e. The van der Waals surface area contributed by atoms with Crippen LogP contribution in [-0.4, -0.2) is 23.3 Å². The van der Waals surface area contributed by atoms with Gasteiger partial charge in [0.2, 0.25) is 0 Å². The molecular formula is C10H9NO4. The van der Waals surface area contributed by atoms with Crippen molar-refractivity contribution in [2.75, 3.05) is 7.11 Å². The van der Waals surface area contributed by atoms with Crippen LogP contribution in [0.4, 0.5) is 0 Å². The predicted molar refractivity (Wildman–Crippen MR) is 50.9 cm³/mol. The minimum atomic E-state index is -1.16. The van der Waals surface area contributed by atoms with Gasteiger partial charge < -0.3 is 14.9 Å². The molecule has 1 aromatic carbocycles. The Kier molecular flexibility index (Phi) is 3.13. The smallest absolute Gasteiger partial charge is 0.339 e. The standard InChI is InChI=1S/C10H9NO4/c1-15-9-5-8(12)6(2-3-11)4-7(9)10(13)14/h4-5,12H,2H2,1H3,(H,13,14). The molecule has 0 radical (unpaired) electrons. The number of rotatable bonds is 3. The molecule has 0 aliphatic carbocycles. The lowest BCUT2D eigenvalue weighted by Crippen LogP contribution is -2.01. The van der Waals surface area contributed by atoms with Gasteiger partial charge in [-0.05, 0) is 6.07 Å². The lowest BCUT2D eigenvalue weighted by molar-refractivity contribution is 0.0693. The quantitative estimate of drug-likeness (QED) is 0.776. The van der Waals surface area contributed by atoms with Crippen LogP contribution in [0.3, 0.4) is 0 Å². The molecule has 0 saturated heterocycles. The van der Waals surface area contributed by atoms with E-state index in [2.05, 4.69) is 0 Å². The molecule has 5 nitrogen and oxygen atoms in total. The summed E-state index contributed by atoms with van der Waals surface area (Å²) in [6.45, 7) is 0. The fourth-order valence-electron chi connectivity index (χ4n) is 1.18. The van der Waals surface area contributed by atoms with E-state index in [0.717, 1.165) is 0 Å². The lowest BCUT2D eigenvalue weighted by atomic mass is 10.1. The van der Waals surface area contributed by atoms with Crippen molar-refractivity contribution in [2.24, 2.45) is 0 Å². The number of hydrogen-bond acceptors (Lipinski definition) is 4. The predicted octanol–water partition coefficient (Wildman–Crippen LogP) is 1.17. The monoisotopic (exact) mass is 207 g/mol. The molecule has 15 heavy (non-hydrogen) atoms. The van der Waals surface area contributed by atoms with Gasteiger partial charge in [-0.1, -0.05) is 0 Å². The highest BCUT2D eigenvalue weighted by molar-refractivity contribution is 5.91. The van der Waals surface area contributed by atoms with Crippen LogP contribution in [0.2, 0.25) is 0 Å². The number of hydrogen-bond donors (Lipinski definition) is 2. The second-order valence-corrected chi connectivity index (χ2v) is 2.82. The minimum absolute atomic E-state index is 0.0455. The topological polar surface area (TPSA) is 90.5 Å². The maximum absolute atomic E-state index is 10.8. The average molecular weight is 207 g/mol. The number of methoxy groups -OCH3 is 1. The molecule has 0 aromatic heterocycles. The van der Waals surface area contributed by atoms with Gasteiger partial charge in [0, 0.05) is 11.6 Å². The van der Waals surface area contributed by atoms with Crippen molar-refractivity contribution in [3.63, 3.8) is 0 Å². The SMILES string of the molecule is COc1cc(O)c(CC#N)cc1C(=O)O. The lowest BCUT2D eigenvalue weighted by Gasteiger charge is -2.07. The molecule has 0 saturated carbocycles. The highest BCUT2D eigenvalue weighted by Crippen LogP contribution is 2.28. The maximum atomic E-state index is 10.8. The Morgan fingerprint density at radius 1 is 1.60 bits per heavy atom. The van der Waals surface area contributed by atoms with Crippen LogP contribution in [0.15, 0.2) is 12.1 Å². The van der Waals surface area contributed by atoms with E-state index in [1.54, 1.807) is 0 Å². The summed E-state index contributed by atoms with van der Waals surface area (Å²) in [7, 11) is 1.31. The molecular weight excluding hydrogens is 198 g/mol. The zero-order chi connectivity index (χ0) is 11.4. The Bertz CT molecular complexity index is 434. The van der Waals surface area contributed by atoms with Crippen LogP contribution in [-0.2, 0) is 6.42 Å². The van der Waals surface area contributed by atoms with E-state index in [9.17, 15) is 9.90 Å². The number of benzene rings is 1. The summed E-state index contributed by atoms with van der Waals surface area (Å²) in [5.74, 6) is -1.23. The van der Waals surface area contributed by atoms with Crippen molar-refractivity contribution in [1.82, 2.24) is 0 Å². The summed E-state index contributed by atoms with van der Waals surface area (Å²) in [4.78, 5) is 10.8. The first-order chi connectivity index (χ1) is 7.10. The molecule has 2 N–H and O–H groups in total. The largest absolute Gasteiger partial charge is 0.507 e. The number of phenols is 1. The van der Waals surface area contributed by atoms with Gasteiger partial charge in [0.15, 0.2) is 0 Å². The Balaban J connectivity index is 3.31. The van der Waals surface area contributed by atoms with Gasteiger partial charge in [-0.2, -0.15) is 5.26 Å². The third-order valence-corrected chi connectivity index (χ3v) is 1.90. The van der Waals surface area contributed by atoms with Gasteiger partial charge in [-0.15, -0.1) is 0 Å². The van der Waals surface area contributed by atoms with Gasteiger partial charge >= 0.3 is 5.97 Å². The van der Waals surface area contributed by atoms with Crippen molar-refractivity contribution >= 4 is 5.97 Å². The molecule has 0 fully saturated rings. The number of nitrogens with zero attached hydrogens (tertiary/aromatic N) is 1. The van der Waals surface area contributed by atoms with E-state index >= 15 is 0 Å². The van der Waals surface area contributed by atoms with E-state index in [1.807, 2.05) is 6.07 Å². The van der Waals surface area contributed by atoms with Crippen LogP contribution in [0.1, 0.15) is 15.9 Å². The summed E-state index contributed by atoms with van der Waals surface area (Å²) < 4.78 is 4.80. The van der Waals surface area contributed by atoms with Crippen LogP contribution in [0, 0.1) is 11.3 Å². The van der Waals surface area contributed by atoms with E-state index in [-0.39, 0.29) is 29.0 Å². The molecule has 0 aliphatic rings. The molecule has 0 spiro atoms. The Morgan fingerprint density at radius 3 is 2.73 bits per heavy atom. The second-order valence-electron chi connectivity index (χ2n) is 2.82. The van der Waals surface area contributed by atoms with Gasteiger partial charge in [0.1, 0.15) is 17.1 Å². The van der Waals surface area contributed by atoms with Crippen molar-refractivity contribution in [3.8, 4) is 17.6 Å². The first kappa shape index (κ1) is 10.9.